The second kappa shape index (κ2) is 16.1. The molecule has 4 aliphatic rings. The molecule has 1 aromatic heterocycles. The molecular weight excluding hydrogens is 620 g/mol. The van der Waals surface area contributed by atoms with E-state index in [1.165, 1.54) is 5.71 Å². The Balaban J connectivity index is 1.11. The maximum atomic E-state index is 13.3. The number of aryl methyl sites for hydroxylation is 1. The first-order valence-corrected chi connectivity index (χ1v) is 21.4. The molecule has 12 heteroatoms. The van der Waals surface area contributed by atoms with Crippen molar-refractivity contribution in [3.8, 4) is 0 Å². The van der Waals surface area contributed by atoms with E-state index >= 15 is 0 Å². The van der Waals surface area contributed by atoms with Crippen molar-refractivity contribution in [1.29, 1.82) is 0 Å². The van der Waals surface area contributed by atoms with Crippen molar-refractivity contribution in [3.05, 3.63) is 11.6 Å². The van der Waals surface area contributed by atoms with Crippen molar-refractivity contribution >= 4 is 37.4 Å². The highest BCUT2D eigenvalue weighted by atomic mass is 35.5. The lowest BCUT2D eigenvalue weighted by Gasteiger charge is -2.39. The Hall–Kier alpha value is -1.82. The summed E-state index contributed by atoms with van der Waals surface area (Å²) in [7, 11) is -0.300. The van der Waals surface area contributed by atoms with E-state index in [-0.39, 0.29) is 53.6 Å². The highest BCUT2D eigenvalue weighted by Gasteiger charge is 2.43. The zero-order chi connectivity index (χ0) is 32.8. The van der Waals surface area contributed by atoms with Crippen molar-refractivity contribution in [2.75, 3.05) is 20.2 Å². The molecule has 2 amide bonds. The van der Waals surface area contributed by atoms with Gasteiger partial charge in [-0.25, -0.2) is 0 Å². The zero-order valence-electron chi connectivity index (χ0n) is 28.5. The number of amides is 2. The lowest BCUT2D eigenvalue weighted by molar-refractivity contribution is -0.126. The fourth-order valence-electron chi connectivity index (χ4n) is 8.53. The summed E-state index contributed by atoms with van der Waals surface area (Å²) in [6.45, 7) is 7.30. The van der Waals surface area contributed by atoms with Crippen LogP contribution in [-0.2, 0) is 14.3 Å². The molecule has 0 radical (unpaired) electrons. The standard InChI is InChI=1S/C34H57ClN6O4Si/c1-22-39-40-33-29(38-32(23-8-12-25(35)13-9-23)28-20-26(45-2)14-17-30(28)41(22)33)21-31(42)36-18-6-5-7-19-37-34(43)24-10-15-27(16-11-24)46(3,4)44/h23-30,44H,5-21H2,1-4H3,(H,36,42)(H,37,43)/t23?,24?,25?,26?,27?,28?,29-,30?/m0/s1. The van der Waals surface area contributed by atoms with Gasteiger partial charge in [0.25, 0.3) is 0 Å². The van der Waals surface area contributed by atoms with Gasteiger partial charge in [0.05, 0.1) is 12.5 Å². The molecule has 3 aliphatic carbocycles. The van der Waals surface area contributed by atoms with Crippen LogP contribution in [0, 0.1) is 24.7 Å². The molecular formula is C34H57ClN6O4Si. The van der Waals surface area contributed by atoms with Crippen LogP contribution in [-0.4, -0.2) is 77.1 Å². The maximum absolute atomic E-state index is 13.3. The number of methoxy groups -OCH3 is 1. The average Bonchev–Trinajstić information content (AvgIpc) is 3.36. The minimum absolute atomic E-state index is 0.0116. The number of alkyl halides is 1. The number of nitrogens with one attached hydrogen (secondary N) is 2. The fraction of sp³-hybridized carbons (Fsp3) is 0.853. The van der Waals surface area contributed by atoms with Gasteiger partial charge in [-0.3, -0.25) is 14.6 Å². The predicted octanol–water partition coefficient (Wildman–Crippen LogP) is 5.79. The number of fused-ring (bicyclic) bond motifs is 3. The molecule has 10 nitrogen and oxygen atoms in total. The number of unbranched alkanes of at least 4 members (excludes halogenated alkanes) is 2. The van der Waals surface area contributed by atoms with Crippen LogP contribution in [0.15, 0.2) is 4.99 Å². The van der Waals surface area contributed by atoms with Gasteiger partial charge in [0.2, 0.25) is 11.8 Å². The van der Waals surface area contributed by atoms with Crippen LogP contribution in [0.3, 0.4) is 0 Å². The summed E-state index contributed by atoms with van der Waals surface area (Å²) in [6, 6.07) is -0.116. The monoisotopic (exact) mass is 676 g/mol. The maximum Gasteiger partial charge on any atom is 0.223 e. The molecule has 3 fully saturated rings. The third-order valence-corrected chi connectivity index (χ3v) is 14.3. The number of hydrogen-bond acceptors (Lipinski definition) is 7. The third kappa shape index (κ3) is 8.79. The van der Waals surface area contributed by atoms with Crippen LogP contribution in [0.2, 0.25) is 18.6 Å². The summed E-state index contributed by atoms with van der Waals surface area (Å²) >= 11 is 6.50. The normalized spacial score (nSPS) is 31.7. The summed E-state index contributed by atoms with van der Waals surface area (Å²) in [6.07, 6.45) is 13.8. The fourth-order valence-corrected chi connectivity index (χ4v) is 10.5. The highest BCUT2D eigenvalue weighted by Crippen LogP contribution is 2.45. The Morgan fingerprint density at radius 3 is 2.33 bits per heavy atom. The number of aromatic nitrogens is 3. The van der Waals surface area contributed by atoms with E-state index in [0.29, 0.717) is 24.5 Å². The van der Waals surface area contributed by atoms with Crippen LogP contribution >= 0.6 is 11.6 Å². The third-order valence-electron chi connectivity index (χ3n) is 11.3. The van der Waals surface area contributed by atoms with E-state index in [9.17, 15) is 14.4 Å². The summed E-state index contributed by atoms with van der Waals surface area (Å²) in [5, 5.41) is 15.5. The van der Waals surface area contributed by atoms with E-state index in [1.807, 2.05) is 27.1 Å². The van der Waals surface area contributed by atoms with Gasteiger partial charge < -0.3 is 24.7 Å². The number of rotatable bonds is 12. The molecule has 0 aromatic carbocycles. The van der Waals surface area contributed by atoms with Crippen LogP contribution < -0.4 is 10.6 Å². The smallest absolute Gasteiger partial charge is 0.223 e. The molecule has 46 heavy (non-hydrogen) atoms. The van der Waals surface area contributed by atoms with Gasteiger partial charge in [0.15, 0.2) is 14.1 Å². The van der Waals surface area contributed by atoms with Crippen molar-refractivity contribution in [2.45, 2.75) is 145 Å². The van der Waals surface area contributed by atoms with E-state index in [1.54, 1.807) is 0 Å². The van der Waals surface area contributed by atoms with Gasteiger partial charge >= 0.3 is 0 Å². The Labute approximate surface area is 281 Å². The summed E-state index contributed by atoms with van der Waals surface area (Å²) in [5.74, 6) is 2.56. The molecule has 1 aliphatic heterocycles. The largest absolute Gasteiger partial charge is 0.432 e. The molecule has 258 valence electrons. The van der Waals surface area contributed by atoms with Crippen molar-refractivity contribution in [1.82, 2.24) is 25.4 Å². The number of carbonyl (C=O) groups excluding carboxylic acids is 2. The molecule has 2 heterocycles. The lowest BCUT2D eigenvalue weighted by Crippen LogP contribution is -2.39. The molecule has 1 aromatic rings. The molecule has 0 spiro atoms. The van der Waals surface area contributed by atoms with Crippen molar-refractivity contribution in [3.63, 3.8) is 0 Å². The zero-order valence-corrected chi connectivity index (χ0v) is 30.2. The van der Waals surface area contributed by atoms with Crippen LogP contribution in [0.1, 0.15) is 120 Å². The first-order valence-electron chi connectivity index (χ1n) is 18.0. The number of carbonyl (C=O) groups is 2. The summed E-state index contributed by atoms with van der Waals surface area (Å²) < 4.78 is 8.13. The highest BCUT2D eigenvalue weighted by molar-refractivity contribution is 6.71. The minimum atomic E-state index is -2.11. The van der Waals surface area contributed by atoms with E-state index in [4.69, 9.17) is 21.3 Å². The van der Waals surface area contributed by atoms with Crippen LogP contribution in [0.4, 0.5) is 0 Å². The average molecular weight is 677 g/mol. The minimum Gasteiger partial charge on any atom is -0.432 e. The quantitative estimate of drug-likeness (QED) is 0.146. The number of ether oxygens (including phenoxy) is 1. The number of hydrogen-bond donors (Lipinski definition) is 3. The van der Waals surface area contributed by atoms with Gasteiger partial charge in [-0.1, -0.05) is 0 Å². The van der Waals surface area contributed by atoms with Crippen molar-refractivity contribution in [2.24, 2.45) is 22.7 Å². The Kier molecular flexibility index (Phi) is 12.4. The summed E-state index contributed by atoms with van der Waals surface area (Å²) in [5.41, 5.74) is 1.65. The summed E-state index contributed by atoms with van der Waals surface area (Å²) in [4.78, 5) is 41.7. The van der Waals surface area contributed by atoms with Crippen molar-refractivity contribution < 1.29 is 19.1 Å². The van der Waals surface area contributed by atoms with Gasteiger partial charge in [0.1, 0.15) is 11.9 Å². The first-order chi connectivity index (χ1) is 22.0. The van der Waals surface area contributed by atoms with E-state index in [2.05, 4.69) is 25.4 Å². The predicted molar refractivity (Wildman–Crippen MR) is 184 cm³/mol. The van der Waals surface area contributed by atoms with E-state index < -0.39 is 8.32 Å². The lowest BCUT2D eigenvalue weighted by atomic mass is 9.72. The van der Waals surface area contributed by atoms with Gasteiger partial charge in [-0.15, -0.1) is 21.8 Å². The van der Waals surface area contributed by atoms with Gasteiger partial charge in [-0.05, 0) is 121 Å². The van der Waals surface area contributed by atoms with Gasteiger partial charge in [0, 0.05) is 49.2 Å². The number of halogens is 1. The molecule has 5 rings (SSSR count). The van der Waals surface area contributed by atoms with E-state index in [0.717, 1.165) is 102 Å². The molecule has 0 bridgehead atoms. The molecule has 3 unspecified atom stereocenters. The molecule has 4 atom stereocenters. The molecule has 3 N–H and O–H groups in total. The SMILES string of the molecule is COC1CCC2C(C1)C(C1CCC(Cl)CC1)=N[C@@H](CC(=O)NCCCCCNC(=O)C1CCC([Si](C)(C)O)CC1)c1nnc(C)n12. The Morgan fingerprint density at radius 1 is 0.957 bits per heavy atom. The second-order valence-corrected chi connectivity index (χ2v) is 19.7. The molecule has 3 saturated carbocycles. The second-order valence-electron chi connectivity index (χ2n) is 14.9. The van der Waals surface area contributed by atoms with Crippen LogP contribution in [0.5, 0.6) is 0 Å². The molecule has 0 saturated heterocycles. The van der Waals surface area contributed by atoms with Gasteiger partial charge in [-0.2, -0.15) is 0 Å². The van der Waals surface area contributed by atoms with Crippen LogP contribution in [0.25, 0.3) is 0 Å². The topological polar surface area (TPSA) is 131 Å². The number of nitrogens with zero attached hydrogens (tertiary/aromatic N) is 4. The Bertz CT molecular complexity index is 1200. The Morgan fingerprint density at radius 2 is 1.65 bits per heavy atom. The first kappa shape index (κ1) is 35.5. The number of aliphatic imine (C=N–C) groups is 1.